The van der Waals surface area contributed by atoms with E-state index in [1.54, 1.807) is 6.08 Å². The third-order valence-electron chi connectivity index (χ3n) is 3.51. The van der Waals surface area contributed by atoms with Gasteiger partial charge in [0.15, 0.2) is 0 Å². The van der Waals surface area contributed by atoms with Crippen molar-refractivity contribution in [1.29, 1.82) is 0 Å². The van der Waals surface area contributed by atoms with Crippen molar-refractivity contribution in [2.24, 2.45) is 0 Å². The fourth-order valence-corrected chi connectivity index (χ4v) is 2.23. The molecule has 0 aliphatic heterocycles. The van der Waals surface area contributed by atoms with Crippen molar-refractivity contribution in [3.8, 4) is 0 Å². The molecule has 0 bridgehead atoms. The van der Waals surface area contributed by atoms with Gasteiger partial charge in [-0.05, 0) is 18.9 Å². The highest BCUT2D eigenvalue weighted by atomic mass is 16.5. The lowest BCUT2D eigenvalue weighted by Crippen LogP contribution is -1.88. The zero-order valence-electron chi connectivity index (χ0n) is 14.6. The molecule has 0 aliphatic carbocycles. The number of unbranched alkanes of at least 4 members (excludes halogenated alkanes) is 10. The molecule has 0 fully saturated rings. The van der Waals surface area contributed by atoms with Gasteiger partial charge < -0.3 is 4.74 Å². The zero-order chi connectivity index (χ0) is 16.3. The second-order valence-electron chi connectivity index (χ2n) is 5.72. The van der Waals surface area contributed by atoms with Gasteiger partial charge in [-0.1, -0.05) is 89.0 Å². The van der Waals surface area contributed by atoms with Crippen molar-refractivity contribution in [3.05, 3.63) is 36.6 Å². The quantitative estimate of drug-likeness (QED) is 0.159. The van der Waals surface area contributed by atoms with E-state index in [4.69, 9.17) is 0 Å². The van der Waals surface area contributed by atoms with Crippen LogP contribution in [-0.4, -0.2) is 5.97 Å². The molecule has 0 amide bonds. The van der Waals surface area contributed by atoms with Crippen molar-refractivity contribution >= 4 is 5.97 Å². The normalized spacial score (nSPS) is 11.9. The van der Waals surface area contributed by atoms with Crippen molar-refractivity contribution in [2.45, 2.75) is 84.5 Å². The van der Waals surface area contributed by atoms with Crippen molar-refractivity contribution in [2.75, 3.05) is 0 Å². The van der Waals surface area contributed by atoms with E-state index in [1.165, 1.54) is 77.4 Å². The minimum Gasteiger partial charge on any atom is -0.435 e. The molecule has 0 N–H and O–H groups in total. The fraction of sp³-hybridized carbons (Fsp3) is 0.650. The molecule has 0 aromatic rings. The summed E-state index contributed by atoms with van der Waals surface area (Å²) >= 11 is 0. The first kappa shape index (κ1) is 20.7. The molecule has 0 saturated heterocycles. The lowest BCUT2D eigenvalue weighted by atomic mass is 10.1. The van der Waals surface area contributed by atoms with Gasteiger partial charge in [0, 0.05) is 6.92 Å². The summed E-state index contributed by atoms with van der Waals surface area (Å²) < 4.78 is 4.67. The third kappa shape index (κ3) is 18.7. The van der Waals surface area contributed by atoms with E-state index in [0.717, 1.165) is 6.42 Å². The van der Waals surface area contributed by atoms with Crippen molar-refractivity contribution in [3.63, 3.8) is 0 Å². The Bertz CT molecular complexity index is 327. The minimum atomic E-state index is -0.291. The van der Waals surface area contributed by atoms with Crippen LogP contribution in [0, 0.1) is 0 Å². The standard InChI is InChI=1S/C20H34O2/c1-3-4-5-6-7-8-9-10-11-12-13-14-15-16-17-18-19-22-20(2)21/h14-19H,3-13H2,1-2H3/b15-14+,17-16+,19-18+. The highest BCUT2D eigenvalue weighted by molar-refractivity contribution is 5.66. The van der Waals surface area contributed by atoms with E-state index >= 15 is 0 Å². The van der Waals surface area contributed by atoms with Gasteiger partial charge in [-0.2, -0.15) is 0 Å². The Balaban J connectivity index is 3.25. The molecule has 0 aromatic carbocycles. The van der Waals surface area contributed by atoms with Crippen LogP contribution in [0.2, 0.25) is 0 Å². The number of allylic oxidation sites excluding steroid dienone is 5. The molecule has 0 atom stereocenters. The number of hydrogen-bond acceptors (Lipinski definition) is 2. The van der Waals surface area contributed by atoms with Crippen LogP contribution >= 0.6 is 0 Å². The summed E-state index contributed by atoms with van der Waals surface area (Å²) in [6, 6.07) is 0. The molecule has 0 aromatic heterocycles. The molecule has 22 heavy (non-hydrogen) atoms. The van der Waals surface area contributed by atoms with Crippen LogP contribution in [-0.2, 0) is 9.53 Å². The summed E-state index contributed by atoms with van der Waals surface area (Å²) in [7, 11) is 0. The second-order valence-corrected chi connectivity index (χ2v) is 5.72. The smallest absolute Gasteiger partial charge is 0.307 e. The van der Waals surface area contributed by atoms with Gasteiger partial charge in [-0.15, -0.1) is 0 Å². The molecule has 0 rings (SSSR count). The summed E-state index contributed by atoms with van der Waals surface area (Å²) in [6.07, 6.45) is 26.1. The average Bonchev–Trinajstić information content (AvgIpc) is 2.50. The Morgan fingerprint density at radius 2 is 1.32 bits per heavy atom. The first-order valence-electron chi connectivity index (χ1n) is 8.93. The van der Waals surface area contributed by atoms with Crippen LogP contribution < -0.4 is 0 Å². The summed E-state index contributed by atoms with van der Waals surface area (Å²) in [5.41, 5.74) is 0. The number of ether oxygens (including phenoxy) is 1. The molecule has 2 heteroatoms. The Kier molecular flexibility index (Phi) is 16.7. The van der Waals surface area contributed by atoms with Gasteiger partial charge in [-0.3, -0.25) is 4.79 Å². The predicted molar refractivity (Wildman–Crippen MR) is 95.6 cm³/mol. The van der Waals surface area contributed by atoms with Crippen molar-refractivity contribution < 1.29 is 9.53 Å². The number of esters is 1. The van der Waals surface area contributed by atoms with Gasteiger partial charge in [-0.25, -0.2) is 0 Å². The van der Waals surface area contributed by atoms with E-state index in [0.29, 0.717) is 0 Å². The Labute approximate surface area is 137 Å². The molecule has 0 spiro atoms. The highest BCUT2D eigenvalue weighted by Crippen LogP contribution is 2.11. The largest absolute Gasteiger partial charge is 0.435 e. The molecule has 0 aliphatic rings. The molecule has 0 radical (unpaired) electrons. The number of hydrogen-bond donors (Lipinski definition) is 0. The maximum Gasteiger partial charge on any atom is 0.307 e. The van der Waals surface area contributed by atoms with Crippen LogP contribution in [0.25, 0.3) is 0 Å². The van der Waals surface area contributed by atoms with Gasteiger partial charge in [0.05, 0.1) is 6.26 Å². The monoisotopic (exact) mass is 306 g/mol. The third-order valence-corrected chi connectivity index (χ3v) is 3.51. The van der Waals surface area contributed by atoms with E-state index in [2.05, 4.69) is 17.7 Å². The van der Waals surface area contributed by atoms with Crippen LogP contribution in [0.5, 0.6) is 0 Å². The van der Waals surface area contributed by atoms with E-state index in [1.807, 2.05) is 18.2 Å². The number of carbonyl (C=O) groups excluding carboxylic acids is 1. The maximum atomic E-state index is 10.5. The average molecular weight is 306 g/mol. The zero-order valence-corrected chi connectivity index (χ0v) is 14.6. The lowest BCUT2D eigenvalue weighted by Gasteiger charge is -2.01. The topological polar surface area (TPSA) is 26.3 Å². The fourth-order valence-electron chi connectivity index (χ4n) is 2.23. The molecule has 0 saturated carbocycles. The van der Waals surface area contributed by atoms with E-state index < -0.39 is 0 Å². The van der Waals surface area contributed by atoms with E-state index in [9.17, 15) is 4.79 Å². The SMILES string of the molecule is CCCCCCCCCCCC/C=C/C=C/C=C/OC(C)=O. The van der Waals surface area contributed by atoms with E-state index in [-0.39, 0.29) is 5.97 Å². The van der Waals surface area contributed by atoms with Gasteiger partial charge >= 0.3 is 5.97 Å². The lowest BCUT2D eigenvalue weighted by molar-refractivity contribution is -0.135. The summed E-state index contributed by atoms with van der Waals surface area (Å²) in [5.74, 6) is -0.291. The first-order chi connectivity index (χ1) is 10.8. The number of carbonyl (C=O) groups is 1. The predicted octanol–water partition coefficient (Wildman–Crippen LogP) is 6.49. The van der Waals surface area contributed by atoms with Crippen LogP contribution in [0.15, 0.2) is 36.6 Å². The Hall–Kier alpha value is -1.31. The highest BCUT2D eigenvalue weighted by Gasteiger charge is 1.91. The van der Waals surface area contributed by atoms with Crippen molar-refractivity contribution in [1.82, 2.24) is 0 Å². The molecule has 0 unspecified atom stereocenters. The molecular formula is C20H34O2. The van der Waals surface area contributed by atoms with Crippen LogP contribution in [0.3, 0.4) is 0 Å². The summed E-state index contributed by atoms with van der Waals surface area (Å²) in [4.78, 5) is 10.5. The summed E-state index contributed by atoms with van der Waals surface area (Å²) in [6.45, 7) is 3.66. The van der Waals surface area contributed by atoms with Gasteiger partial charge in [0.1, 0.15) is 0 Å². The Morgan fingerprint density at radius 1 is 0.773 bits per heavy atom. The Morgan fingerprint density at radius 3 is 1.91 bits per heavy atom. The minimum absolute atomic E-state index is 0.291. The first-order valence-corrected chi connectivity index (χ1v) is 8.93. The van der Waals surface area contributed by atoms with Gasteiger partial charge in [0.2, 0.25) is 0 Å². The molecule has 2 nitrogen and oxygen atoms in total. The van der Waals surface area contributed by atoms with Gasteiger partial charge in [0.25, 0.3) is 0 Å². The van der Waals surface area contributed by atoms with Crippen LogP contribution in [0.1, 0.15) is 84.5 Å². The molecular weight excluding hydrogens is 272 g/mol. The number of rotatable bonds is 14. The second kappa shape index (κ2) is 17.7. The molecule has 126 valence electrons. The van der Waals surface area contributed by atoms with Crippen LogP contribution in [0.4, 0.5) is 0 Å². The summed E-state index contributed by atoms with van der Waals surface area (Å²) in [5, 5.41) is 0. The molecule has 0 heterocycles. The maximum absolute atomic E-state index is 10.5.